The molecule has 1 fully saturated rings. The number of anilines is 1. The summed E-state index contributed by atoms with van der Waals surface area (Å²) >= 11 is 0. The molecule has 0 radical (unpaired) electrons. The first-order chi connectivity index (χ1) is 8.67. The lowest BCUT2D eigenvalue weighted by atomic mass is 10.1. The number of nitrogens with zero attached hydrogens (tertiary/aromatic N) is 3. The highest BCUT2D eigenvalue weighted by atomic mass is 15.3. The van der Waals surface area contributed by atoms with Gasteiger partial charge >= 0.3 is 0 Å². The van der Waals surface area contributed by atoms with Crippen molar-refractivity contribution in [1.82, 2.24) is 10.2 Å². The molecule has 0 spiro atoms. The summed E-state index contributed by atoms with van der Waals surface area (Å²) in [5.74, 6) is 1.86. The maximum atomic E-state index is 5.91. The van der Waals surface area contributed by atoms with E-state index in [-0.39, 0.29) is 0 Å². The fraction of sp³-hybridized carbons (Fsp3) is 0.714. The molecule has 4 nitrogen and oxygen atoms in total. The molecule has 1 heterocycles. The fourth-order valence-corrected chi connectivity index (χ4v) is 2.31. The lowest BCUT2D eigenvalue weighted by molar-refractivity contribution is 0.684. The number of nitrogens with two attached hydrogens (primary N) is 1. The van der Waals surface area contributed by atoms with E-state index >= 15 is 0 Å². The molecule has 4 heteroatoms. The molecule has 100 valence electrons. The van der Waals surface area contributed by atoms with Gasteiger partial charge in [0.1, 0.15) is 0 Å². The highest BCUT2D eigenvalue weighted by Gasteiger charge is 2.26. The molecule has 1 saturated carbocycles. The minimum Gasteiger partial charge on any atom is -0.355 e. The van der Waals surface area contributed by atoms with Crippen LogP contribution in [0.1, 0.15) is 43.0 Å². The van der Waals surface area contributed by atoms with Crippen LogP contribution in [0.15, 0.2) is 0 Å². The van der Waals surface area contributed by atoms with Gasteiger partial charge < -0.3 is 10.6 Å². The maximum absolute atomic E-state index is 5.91. The van der Waals surface area contributed by atoms with Crippen molar-refractivity contribution in [3.8, 4) is 0 Å². The van der Waals surface area contributed by atoms with Crippen LogP contribution in [0.25, 0.3) is 0 Å². The summed E-state index contributed by atoms with van der Waals surface area (Å²) in [5.41, 5.74) is 9.25. The van der Waals surface area contributed by atoms with Gasteiger partial charge in [-0.05, 0) is 44.6 Å². The largest absolute Gasteiger partial charge is 0.355 e. The van der Waals surface area contributed by atoms with Gasteiger partial charge in [-0.25, -0.2) is 0 Å². The molecule has 1 aromatic rings. The van der Waals surface area contributed by atoms with Crippen LogP contribution in [0.3, 0.4) is 0 Å². The number of rotatable bonds is 6. The average Bonchev–Trinajstić information content (AvgIpc) is 3.16. The summed E-state index contributed by atoms with van der Waals surface area (Å²) < 4.78 is 0. The zero-order valence-corrected chi connectivity index (χ0v) is 11.7. The van der Waals surface area contributed by atoms with Crippen molar-refractivity contribution < 1.29 is 0 Å². The Balaban J connectivity index is 2.29. The van der Waals surface area contributed by atoms with Crippen LogP contribution in [0.4, 0.5) is 5.82 Å². The molecule has 2 rings (SSSR count). The molecule has 0 unspecified atom stereocenters. The van der Waals surface area contributed by atoms with Gasteiger partial charge in [0.25, 0.3) is 0 Å². The zero-order valence-electron chi connectivity index (χ0n) is 11.7. The van der Waals surface area contributed by atoms with E-state index in [1.807, 2.05) is 6.92 Å². The van der Waals surface area contributed by atoms with E-state index < -0.39 is 0 Å². The number of aromatic nitrogens is 2. The molecule has 0 atom stereocenters. The number of hydrogen-bond donors (Lipinski definition) is 1. The van der Waals surface area contributed by atoms with E-state index in [1.165, 1.54) is 18.4 Å². The third-order valence-corrected chi connectivity index (χ3v) is 3.73. The van der Waals surface area contributed by atoms with Crippen molar-refractivity contribution in [3.63, 3.8) is 0 Å². The topological polar surface area (TPSA) is 55.0 Å². The Labute approximate surface area is 110 Å². The normalized spacial score (nSPS) is 14.9. The second kappa shape index (κ2) is 5.65. The predicted octanol–water partition coefficient (Wildman–Crippen LogP) is 2.18. The highest BCUT2D eigenvalue weighted by molar-refractivity contribution is 5.50. The van der Waals surface area contributed by atoms with Crippen LogP contribution in [0, 0.1) is 19.8 Å². The predicted molar refractivity (Wildman–Crippen MR) is 74.6 cm³/mol. The van der Waals surface area contributed by atoms with Crippen molar-refractivity contribution >= 4 is 5.82 Å². The van der Waals surface area contributed by atoms with E-state index in [0.717, 1.165) is 42.5 Å². The first-order valence-electron chi connectivity index (χ1n) is 6.95. The van der Waals surface area contributed by atoms with Crippen molar-refractivity contribution in [1.29, 1.82) is 0 Å². The molecular formula is C14H24N4. The Hall–Kier alpha value is -1.16. The Morgan fingerprint density at radius 3 is 2.56 bits per heavy atom. The Bertz CT molecular complexity index is 413. The van der Waals surface area contributed by atoms with Crippen LogP contribution < -0.4 is 10.6 Å². The fourth-order valence-electron chi connectivity index (χ4n) is 2.31. The van der Waals surface area contributed by atoms with Gasteiger partial charge in [0, 0.05) is 25.2 Å². The molecule has 0 aromatic carbocycles. The van der Waals surface area contributed by atoms with Gasteiger partial charge in [0.15, 0.2) is 5.82 Å². The Morgan fingerprint density at radius 1 is 1.28 bits per heavy atom. The quantitative estimate of drug-likeness (QED) is 0.838. The van der Waals surface area contributed by atoms with Crippen LogP contribution in [-0.2, 0) is 6.54 Å². The Morgan fingerprint density at radius 2 is 2.00 bits per heavy atom. The van der Waals surface area contributed by atoms with E-state index in [2.05, 4.69) is 28.9 Å². The van der Waals surface area contributed by atoms with Crippen LogP contribution >= 0.6 is 0 Å². The van der Waals surface area contributed by atoms with Crippen LogP contribution in [0.5, 0.6) is 0 Å². The van der Waals surface area contributed by atoms with Gasteiger partial charge in [-0.1, -0.05) is 6.92 Å². The van der Waals surface area contributed by atoms with E-state index in [1.54, 1.807) is 0 Å². The monoisotopic (exact) mass is 248 g/mol. The van der Waals surface area contributed by atoms with Gasteiger partial charge in [0.2, 0.25) is 0 Å². The molecular weight excluding hydrogens is 224 g/mol. The van der Waals surface area contributed by atoms with Gasteiger partial charge in [0.05, 0.1) is 5.69 Å². The molecule has 1 aliphatic rings. The summed E-state index contributed by atoms with van der Waals surface area (Å²) in [7, 11) is 0. The third-order valence-electron chi connectivity index (χ3n) is 3.73. The molecule has 1 aliphatic carbocycles. The molecule has 2 N–H and O–H groups in total. The first kappa shape index (κ1) is 13.3. The van der Waals surface area contributed by atoms with E-state index in [0.29, 0.717) is 6.54 Å². The van der Waals surface area contributed by atoms with Crippen molar-refractivity contribution in [2.45, 2.75) is 46.6 Å². The number of aryl methyl sites for hydroxylation is 1. The lowest BCUT2D eigenvalue weighted by Crippen LogP contribution is -2.30. The molecule has 18 heavy (non-hydrogen) atoms. The van der Waals surface area contributed by atoms with Crippen LogP contribution in [0.2, 0.25) is 0 Å². The first-order valence-corrected chi connectivity index (χ1v) is 6.95. The van der Waals surface area contributed by atoms with Gasteiger partial charge in [-0.15, -0.1) is 5.10 Å². The molecule has 1 aromatic heterocycles. The smallest absolute Gasteiger partial charge is 0.156 e. The molecule has 0 aliphatic heterocycles. The Kier molecular flexibility index (Phi) is 4.17. The number of hydrogen-bond acceptors (Lipinski definition) is 4. The molecule has 0 amide bonds. The van der Waals surface area contributed by atoms with E-state index in [4.69, 9.17) is 5.73 Å². The van der Waals surface area contributed by atoms with E-state index in [9.17, 15) is 0 Å². The molecule has 0 bridgehead atoms. The SMILES string of the molecule is CCCN(CC1CC1)c1nnc(C)c(C)c1CN. The van der Waals surface area contributed by atoms with Crippen LogP contribution in [-0.4, -0.2) is 23.3 Å². The minimum atomic E-state index is 0.544. The van der Waals surface area contributed by atoms with Gasteiger partial charge in [-0.2, -0.15) is 5.10 Å². The summed E-state index contributed by atoms with van der Waals surface area (Å²) in [6.45, 7) is 8.99. The average molecular weight is 248 g/mol. The standard InChI is InChI=1S/C14H24N4/c1-4-7-18(9-12-5-6-12)14-13(8-15)10(2)11(3)16-17-14/h12H,4-9,15H2,1-3H3. The van der Waals surface area contributed by atoms with Gasteiger partial charge in [-0.3, -0.25) is 0 Å². The molecule has 0 saturated heterocycles. The minimum absolute atomic E-state index is 0.544. The maximum Gasteiger partial charge on any atom is 0.156 e. The zero-order chi connectivity index (χ0) is 13.1. The lowest BCUT2D eigenvalue weighted by Gasteiger charge is -2.25. The summed E-state index contributed by atoms with van der Waals surface area (Å²) in [6.07, 6.45) is 3.85. The summed E-state index contributed by atoms with van der Waals surface area (Å²) in [5, 5.41) is 8.68. The second-order valence-corrected chi connectivity index (χ2v) is 5.31. The summed E-state index contributed by atoms with van der Waals surface area (Å²) in [6, 6.07) is 0. The van der Waals surface area contributed by atoms with Crippen molar-refractivity contribution in [2.24, 2.45) is 11.7 Å². The third kappa shape index (κ3) is 2.80. The second-order valence-electron chi connectivity index (χ2n) is 5.31. The highest BCUT2D eigenvalue weighted by Crippen LogP contribution is 2.32. The van der Waals surface area contributed by atoms with Crippen molar-refractivity contribution in [2.75, 3.05) is 18.0 Å². The summed E-state index contributed by atoms with van der Waals surface area (Å²) in [4.78, 5) is 2.37. The van der Waals surface area contributed by atoms with Crippen molar-refractivity contribution in [3.05, 3.63) is 16.8 Å².